The highest BCUT2D eigenvalue weighted by molar-refractivity contribution is 5.61. The second-order valence-corrected chi connectivity index (χ2v) is 2.45. The van der Waals surface area contributed by atoms with Crippen LogP contribution in [0.3, 0.4) is 0 Å². The number of hydrogen-bond donors (Lipinski definition) is 0. The molecule has 68 valence electrons. The molecule has 0 aromatic heterocycles. The molecule has 13 heavy (non-hydrogen) atoms. The van der Waals surface area contributed by atoms with Gasteiger partial charge in [-0.05, 0) is 18.6 Å². The standard InChI is InChI=1S/C9H8FNO2/c1-6-3-4-7(10)8(11-5-12)9(6)13-2/h3-4H,1-2H3. The molecule has 0 aliphatic heterocycles. The van der Waals surface area contributed by atoms with Crippen molar-refractivity contribution in [3.8, 4) is 5.75 Å². The lowest BCUT2D eigenvalue weighted by molar-refractivity contribution is 0.410. The SMILES string of the molecule is COc1c(C)ccc(F)c1N=C=O. The Morgan fingerprint density at radius 2 is 2.23 bits per heavy atom. The molecular weight excluding hydrogens is 173 g/mol. The molecule has 4 heteroatoms. The molecular formula is C9H8FNO2. The van der Waals surface area contributed by atoms with Gasteiger partial charge in [0, 0.05) is 0 Å². The fourth-order valence-corrected chi connectivity index (χ4v) is 1.06. The third-order valence-electron chi connectivity index (χ3n) is 1.64. The first-order valence-corrected chi connectivity index (χ1v) is 3.61. The zero-order valence-electron chi connectivity index (χ0n) is 7.30. The van der Waals surface area contributed by atoms with Gasteiger partial charge in [0.15, 0.2) is 17.3 Å². The summed E-state index contributed by atoms with van der Waals surface area (Å²) in [5.74, 6) is -0.325. The van der Waals surface area contributed by atoms with Crippen LogP contribution in [0.2, 0.25) is 0 Å². The van der Waals surface area contributed by atoms with E-state index in [9.17, 15) is 9.18 Å². The van der Waals surface area contributed by atoms with Crippen molar-refractivity contribution < 1.29 is 13.9 Å². The van der Waals surface area contributed by atoms with Crippen LogP contribution in [0, 0.1) is 12.7 Å². The Bertz CT molecular complexity index is 370. The molecule has 0 atom stereocenters. The number of benzene rings is 1. The Labute approximate surface area is 74.9 Å². The van der Waals surface area contributed by atoms with Crippen LogP contribution in [0.5, 0.6) is 5.75 Å². The molecule has 1 aromatic carbocycles. The molecule has 0 fully saturated rings. The van der Waals surface area contributed by atoms with E-state index < -0.39 is 5.82 Å². The third-order valence-corrected chi connectivity index (χ3v) is 1.64. The van der Waals surface area contributed by atoms with Gasteiger partial charge in [0.25, 0.3) is 0 Å². The monoisotopic (exact) mass is 181 g/mol. The van der Waals surface area contributed by atoms with Crippen molar-refractivity contribution in [2.75, 3.05) is 7.11 Å². The zero-order valence-corrected chi connectivity index (χ0v) is 7.30. The summed E-state index contributed by atoms with van der Waals surface area (Å²) >= 11 is 0. The van der Waals surface area contributed by atoms with E-state index in [1.165, 1.54) is 19.3 Å². The van der Waals surface area contributed by atoms with Crippen molar-refractivity contribution in [1.82, 2.24) is 0 Å². The van der Waals surface area contributed by atoms with Gasteiger partial charge in [0.2, 0.25) is 6.08 Å². The summed E-state index contributed by atoms with van der Waals surface area (Å²) in [6, 6.07) is 2.78. The second-order valence-electron chi connectivity index (χ2n) is 2.45. The van der Waals surface area contributed by atoms with Crippen LogP contribution >= 0.6 is 0 Å². The summed E-state index contributed by atoms with van der Waals surface area (Å²) in [7, 11) is 1.39. The molecule has 0 amide bonds. The summed E-state index contributed by atoms with van der Waals surface area (Å²) in [5, 5.41) is 0. The van der Waals surface area contributed by atoms with Crippen LogP contribution in [0.4, 0.5) is 10.1 Å². The molecule has 1 rings (SSSR count). The summed E-state index contributed by atoms with van der Waals surface area (Å²) in [6.45, 7) is 1.74. The van der Waals surface area contributed by atoms with Gasteiger partial charge in [-0.1, -0.05) is 6.07 Å². The molecule has 0 N–H and O–H groups in total. The van der Waals surface area contributed by atoms with Crippen molar-refractivity contribution >= 4 is 11.8 Å². The maximum atomic E-state index is 13.1. The number of hydrogen-bond acceptors (Lipinski definition) is 3. The van der Waals surface area contributed by atoms with E-state index in [1.54, 1.807) is 13.0 Å². The van der Waals surface area contributed by atoms with Crippen LogP contribution < -0.4 is 4.74 Å². The molecule has 1 aromatic rings. The molecule has 0 aliphatic carbocycles. The van der Waals surface area contributed by atoms with Gasteiger partial charge < -0.3 is 4.74 Å². The van der Waals surface area contributed by atoms with E-state index in [-0.39, 0.29) is 11.4 Å². The van der Waals surface area contributed by atoms with Crippen molar-refractivity contribution in [2.24, 2.45) is 4.99 Å². The summed E-state index contributed by atoms with van der Waals surface area (Å²) in [5.41, 5.74) is 0.621. The first kappa shape index (κ1) is 9.42. The Hall–Kier alpha value is -1.67. The van der Waals surface area contributed by atoms with Crippen molar-refractivity contribution in [3.05, 3.63) is 23.5 Å². The summed E-state index contributed by atoms with van der Waals surface area (Å²) in [4.78, 5) is 13.2. The van der Waals surface area contributed by atoms with Crippen LogP contribution in [0.15, 0.2) is 17.1 Å². The number of rotatable bonds is 2. The lowest BCUT2D eigenvalue weighted by Gasteiger charge is -2.06. The van der Waals surface area contributed by atoms with Gasteiger partial charge in [-0.15, -0.1) is 0 Å². The first-order chi connectivity index (χ1) is 6.20. The van der Waals surface area contributed by atoms with E-state index in [0.29, 0.717) is 0 Å². The largest absolute Gasteiger partial charge is 0.494 e. The minimum Gasteiger partial charge on any atom is -0.494 e. The predicted octanol–water partition coefficient (Wildman–Crippen LogP) is 2.11. The van der Waals surface area contributed by atoms with Gasteiger partial charge in [0.1, 0.15) is 0 Å². The first-order valence-electron chi connectivity index (χ1n) is 3.61. The Balaban J connectivity index is 3.42. The van der Waals surface area contributed by atoms with Gasteiger partial charge in [-0.25, -0.2) is 9.18 Å². The number of carbonyl (C=O) groups excluding carboxylic acids is 1. The number of ether oxygens (including phenoxy) is 1. The van der Waals surface area contributed by atoms with Crippen LogP contribution in [0.1, 0.15) is 5.56 Å². The fourth-order valence-electron chi connectivity index (χ4n) is 1.06. The maximum Gasteiger partial charge on any atom is 0.240 e. The Morgan fingerprint density at radius 1 is 1.54 bits per heavy atom. The fraction of sp³-hybridized carbons (Fsp3) is 0.222. The van der Waals surface area contributed by atoms with E-state index >= 15 is 0 Å². The number of aryl methyl sites for hydroxylation is 1. The van der Waals surface area contributed by atoms with E-state index in [1.807, 2.05) is 0 Å². The molecule has 0 aliphatic rings. The lowest BCUT2D eigenvalue weighted by Crippen LogP contribution is -1.89. The molecule has 0 saturated heterocycles. The molecule has 3 nitrogen and oxygen atoms in total. The highest BCUT2D eigenvalue weighted by Crippen LogP contribution is 2.32. The van der Waals surface area contributed by atoms with Gasteiger partial charge in [-0.3, -0.25) is 0 Å². The van der Waals surface area contributed by atoms with Crippen molar-refractivity contribution in [2.45, 2.75) is 6.92 Å². The average molecular weight is 181 g/mol. The number of isocyanates is 1. The van der Waals surface area contributed by atoms with Crippen LogP contribution in [-0.4, -0.2) is 13.2 Å². The van der Waals surface area contributed by atoms with E-state index in [4.69, 9.17) is 4.74 Å². The molecule has 0 saturated carbocycles. The zero-order chi connectivity index (χ0) is 9.84. The second kappa shape index (κ2) is 3.83. The minimum atomic E-state index is -0.592. The normalized spacial score (nSPS) is 9.15. The molecule has 0 radical (unpaired) electrons. The van der Waals surface area contributed by atoms with Crippen LogP contribution in [0.25, 0.3) is 0 Å². The molecule has 0 unspecified atom stereocenters. The number of methoxy groups -OCH3 is 1. The highest BCUT2D eigenvalue weighted by atomic mass is 19.1. The highest BCUT2D eigenvalue weighted by Gasteiger charge is 2.10. The van der Waals surface area contributed by atoms with Gasteiger partial charge in [-0.2, -0.15) is 4.99 Å². The smallest absolute Gasteiger partial charge is 0.240 e. The van der Waals surface area contributed by atoms with Crippen LogP contribution in [-0.2, 0) is 4.79 Å². The topological polar surface area (TPSA) is 38.7 Å². The van der Waals surface area contributed by atoms with E-state index in [2.05, 4.69) is 4.99 Å². The van der Waals surface area contributed by atoms with Gasteiger partial charge in [0.05, 0.1) is 7.11 Å². The maximum absolute atomic E-state index is 13.1. The predicted molar refractivity (Wildman–Crippen MR) is 45.5 cm³/mol. The molecule has 0 spiro atoms. The minimum absolute atomic E-state index is 0.0995. The Morgan fingerprint density at radius 3 is 2.77 bits per heavy atom. The third kappa shape index (κ3) is 1.73. The number of nitrogens with zero attached hydrogens (tertiary/aromatic N) is 1. The summed E-state index contributed by atoms with van der Waals surface area (Å²) in [6.07, 6.45) is 1.28. The van der Waals surface area contributed by atoms with E-state index in [0.717, 1.165) is 5.56 Å². The lowest BCUT2D eigenvalue weighted by atomic mass is 10.2. The molecule has 0 heterocycles. The summed E-state index contributed by atoms with van der Waals surface area (Å²) < 4.78 is 17.9. The Kier molecular flexibility index (Phi) is 2.77. The number of aliphatic imine (C=N–C) groups is 1. The average Bonchev–Trinajstić information content (AvgIpc) is 2.12. The van der Waals surface area contributed by atoms with Gasteiger partial charge >= 0.3 is 0 Å². The molecule has 0 bridgehead atoms. The number of halogens is 1. The quantitative estimate of drug-likeness (QED) is 0.517. The van der Waals surface area contributed by atoms with Crippen molar-refractivity contribution in [1.29, 1.82) is 0 Å². The van der Waals surface area contributed by atoms with Crippen molar-refractivity contribution in [3.63, 3.8) is 0 Å².